The summed E-state index contributed by atoms with van der Waals surface area (Å²) >= 11 is 1.60. The standard InChI is InChI=1S/C18H20N4O2S/c1-11-17(25-12(2)20-11)10-19-18(23)16-9-15(21-22(16)3)13-6-5-7-14(8-13)24-4/h5-9H,10H2,1-4H3,(H,19,23). The highest BCUT2D eigenvalue weighted by molar-refractivity contribution is 7.11. The van der Waals surface area contributed by atoms with E-state index in [2.05, 4.69) is 15.4 Å². The molecule has 0 aliphatic carbocycles. The molecule has 0 saturated carbocycles. The van der Waals surface area contributed by atoms with E-state index in [0.717, 1.165) is 32.6 Å². The maximum Gasteiger partial charge on any atom is 0.269 e. The molecule has 0 atom stereocenters. The van der Waals surface area contributed by atoms with Gasteiger partial charge >= 0.3 is 0 Å². The molecule has 3 rings (SSSR count). The molecule has 6 nitrogen and oxygen atoms in total. The Bertz CT molecular complexity index is 914. The van der Waals surface area contributed by atoms with Crippen molar-refractivity contribution in [1.29, 1.82) is 0 Å². The molecular weight excluding hydrogens is 336 g/mol. The lowest BCUT2D eigenvalue weighted by molar-refractivity contribution is 0.0942. The maximum atomic E-state index is 12.5. The van der Waals surface area contributed by atoms with E-state index in [4.69, 9.17) is 4.74 Å². The molecule has 2 aromatic heterocycles. The highest BCUT2D eigenvalue weighted by Gasteiger charge is 2.15. The maximum absolute atomic E-state index is 12.5. The summed E-state index contributed by atoms with van der Waals surface area (Å²) in [4.78, 5) is 18.0. The second kappa shape index (κ2) is 7.06. The van der Waals surface area contributed by atoms with E-state index < -0.39 is 0 Å². The summed E-state index contributed by atoms with van der Waals surface area (Å²) in [7, 11) is 3.39. The van der Waals surface area contributed by atoms with E-state index in [1.807, 2.05) is 38.1 Å². The van der Waals surface area contributed by atoms with Gasteiger partial charge in [0.05, 0.1) is 30.1 Å². The highest BCUT2D eigenvalue weighted by Crippen LogP contribution is 2.23. The van der Waals surface area contributed by atoms with Crippen LogP contribution in [0.3, 0.4) is 0 Å². The number of carbonyl (C=O) groups is 1. The summed E-state index contributed by atoms with van der Waals surface area (Å²) in [5.41, 5.74) is 3.11. The van der Waals surface area contributed by atoms with Gasteiger partial charge in [0.25, 0.3) is 5.91 Å². The van der Waals surface area contributed by atoms with E-state index in [1.54, 1.807) is 36.2 Å². The normalized spacial score (nSPS) is 10.7. The van der Waals surface area contributed by atoms with Crippen molar-refractivity contribution >= 4 is 17.2 Å². The molecule has 7 heteroatoms. The van der Waals surface area contributed by atoms with E-state index in [1.165, 1.54) is 0 Å². The number of rotatable bonds is 5. The van der Waals surface area contributed by atoms with Gasteiger partial charge in [-0.25, -0.2) is 4.98 Å². The van der Waals surface area contributed by atoms with Gasteiger partial charge in [-0.1, -0.05) is 12.1 Å². The quantitative estimate of drug-likeness (QED) is 0.763. The van der Waals surface area contributed by atoms with E-state index in [-0.39, 0.29) is 5.91 Å². The Labute approximate surface area is 150 Å². The first kappa shape index (κ1) is 17.2. The molecule has 0 spiro atoms. The number of amides is 1. The first-order valence-electron chi connectivity index (χ1n) is 7.87. The molecule has 0 radical (unpaired) electrons. The summed E-state index contributed by atoms with van der Waals surface area (Å²) < 4.78 is 6.84. The van der Waals surface area contributed by atoms with Crippen LogP contribution < -0.4 is 10.1 Å². The molecule has 2 heterocycles. The molecule has 1 N–H and O–H groups in total. The predicted octanol–water partition coefficient (Wildman–Crippen LogP) is 3.10. The van der Waals surface area contributed by atoms with Crippen molar-refractivity contribution < 1.29 is 9.53 Å². The van der Waals surface area contributed by atoms with Crippen molar-refractivity contribution in [2.45, 2.75) is 20.4 Å². The van der Waals surface area contributed by atoms with E-state index in [9.17, 15) is 4.79 Å². The number of hydrogen-bond acceptors (Lipinski definition) is 5. The summed E-state index contributed by atoms with van der Waals surface area (Å²) in [5, 5.41) is 8.39. The van der Waals surface area contributed by atoms with E-state index in [0.29, 0.717) is 12.2 Å². The van der Waals surface area contributed by atoms with Crippen LogP contribution in [0.1, 0.15) is 26.1 Å². The van der Waals surface area contributed by atoms with Gasteiger partial charge in [-0.2, -0.15) is 5.10 Å². The first-order chi connectivity index (χ1) is 12.0. The van der Waals surface area contributed by atoms with Gasteiger partial charge < -0.3 is 10.1 Å². The second-order valence-electron chi connectivity index (χ2n) is 5.69. The summed E-state index contributed by atoms with van der Waals surface area (Å²) in [6.07, 6.45) is 0. The predicted molar refractivity (Wildman–Crippen MR) is 98.0 cm³/mol. The van der Waals surface area contributed by atoms with Gasteiger partial charge in [-0.3, -0.25) is 9.48 Å². The molecule has 3 aromatic rings. The van der Waals surface area contributed by atoms with Crippen LogP contribution >= 0.6 is 11.3 Å². The summed E-state index contributed by atoms with van der Waals surface area (Å²) in [6, 6.07) is 9.40. The lowest BCUT2D eigenvalue weighted by Crippen LogP contribution is -2.25. The lowest BCUT2D eigenvalue weighted by atomic mass is 10.1. The van der Waals surface area contributed by atoms with Gasteiger partial charge in [-0.05, 0) is 32.0 Å². The molecule has 0 saturated heterocycles. The zero-order chi connectivity index (χ0) is 18.0. The monoisotopic (exact) mass is 356 g/mol. The second-order valence-corrected chi connectivity index (χ2v) is 6.98. The van der Waals surface area contributed by atoms with Crippen molar-refractivity contribution in [3.8, 4) is 17.0 Å². The Hall–Kier alpha value is -2.67. The molecule has 1 aromatic carbocycles. The molecular formula is C18H20N4O2S. The van der Waals surface area contributed by atoms with Crippen molar-refractivity contribution in [2.75, 3.05) is 7.11 Å². The number of methoxy groups -OCH3 is 1. The van der Waals surface area contributed by atoms with E-state index >= 15 is 0 Å². The van der Waals surface area contributed by atoms with Crippen molar-refractivity contribution in [2.24, 2.45) is 7.05 Å². The van der Waals surface area contributed by atoms with Gasteiger partial charge in [0.1, 0.15) is 11.4 Å². The van der Waals surface area contributed by atoms with Crippen molar-refractivity contribution in [3.63, 3.8) is 0 Å². The highest BCUT2D eigenvalue weighted by atomic mass is 32.1. The molecule has 0 aliphatic heterocycles. The zero-order valence-corrected chi connectivity index (χ0v) is 15.5. The van der Waals surface area contributed by atoms with Crippen LogP contribution in [0.25, 0.3) is 11.3 Å². The smallest absolute Gasteiger partial charge is 0.269 e. The van der Waals surface area contributed by atoms with Crippen molar-refractivity contribution in [3.05, 3.63) is 51.6 Å². The number of aryl methyl sites for hydroxylation is 3. The van der Waals surface area contributed by atoms with Crippen LogP contribution in [-0.2, 0) is 13.6 Å². The number of carbonyl (C=O) groups excluding carboxylic acids is 1. The van der Waals surface area contributed by atoms with Crippen LogP contribution in [0, 0.1) is 13.8 Å². The zero-order valence-electron chi connectivity index (χ0n) is 14.7. The summed E-state index contributed by atoms with van der Waals surface area (Å²) in [5.74, 6) is 0.597. The number of nitrogens with one attached hydrogen (secondary N) is 1. The number of benzene rings is 1. The van der Waals surface area contributed by atoms with Gasteiger partial charge in [0.15, 0.2) is 0 Å². The minimum absolute atomic E-state index is 0.158. The fourth-order valence-electron chi connectivity index (χ4n) is 2.59. The fourth-order valence-corrected chi connectivity index (χ4v) is 3.47. The average molecular weight is 356 g/mol. The largest absolute Gasteiger partial charge is 0.497 e. The first-order valence-corrected chi connectivity index (χ1v) is 8.69. The lowest BCUT2D eigenvalue weighted by Gasteiger charge is -2.04. The van der Waals surface area contributed by atoms with Crippen LogP contribution in [0.4, 0.5) is 0 Å². The number of thiazole rings is 1. The minimum Gasteiger partial charge on any atom is -0.497 e. The molecule has 130 valence electrons. The number of nitrogens with zero attached hydrogens (tertiary/aromatic N) is 3. The molecule has 0 aliphatic rings. The third kappa shape index (κ3) is 3.71. The molecule has 25 heavy (non-hydrogen) atoms. The Morgan fingerprint density at radius 1 is 1.32 bits per heavy atom. The number of hydrogen-bond donors (Lipinski definition) is 1. The van der Waals surface area contributed by atoms with Gasteiger partial charge in [0, 0.05) is 17.5 Å². The molecule has 0 fully saturated rings. The average Bonchev–Trinajstić information content (AvgIpc) is 3.14. The SMILES string of the molecule is COc1cccc(-c2cc(C(=O)NCc3sc(C)nc3C)n(C)n2)c1. The number of ether oxygens (including phenoxy) is 1. The fraction of sp³-hybridized carbons (Fsp3) is 0.278. The Balaban J connectivity index is 1.77. The Morgan fingerprint density at radius 2 is 2.12 bits per heavy atom. The third-order valence-electron chi connectivity index (χ3n) is 3.89. The molecule has 0 unspecified atom stereocenters. The van der Waals surface area contributed by atoms with Crippen LogP contribution in [0.5, 0.6) is 5.75 Å². The summed E-state index contributed by atoms with van der Waals surface area (Å²) in [6.45, 7) is 4.39. The minimum atomic E-state index is -0.158. The topological polar surface area (TPSA) is 69.0 Å². The third-order valence-corrected chi connectivity index (χ3v) is 4.96. The van der Waals surface area contributed by atoms with Crippen LogP contribution in [0.2, 0.25) is 0 Å². The van der Waals surface area contributed by atoms with Crippen LogP contribution in [0.15, 0.2) is 30.3 Å². The van der Waals surface area contributed by atoms with Crippen molar-refractivity contribution in [1.82, 2.24) is 20.1 Å². The van der Waals surface area contributed by atoms with Gasteiger partial charge in [-0.15, -0.1) is 11.3 Å². The molecule has 1 amide bonds. The Morgan fingerprint density at radius 3 is 2.80 bits per heavy atom. The molecule has 0 bridgehead atoms. The van der Waals surface area contributed by atoms with Gasteiger partial charge in [0.2, 0.25) is 0 Å². The Kier molecular flexibility index (Phi) is 4.85. The number of aromatic nitrogens is 3. The van der Waals surface area contributed by atoms with Crippen LogP contribution in [-0.4, -0.2) is 27.8 Å².